The normalized spacial score (nSPS) is 18.3. The fraction of sp³-hybridized carbons (Fsp3) is 0.300. The molecule has 0 aliphatic carbocycles. The minimum absolute atomic E-state index is 0.0299. The van der Waals surface area contributed by atoms with Crippen molar-refractivity contribution in [1.29, 1.82) is 0 Å². The van der Waals surface area contributed by atoms with E-state index in [1.54, 1.807) is 27.9 Å². The van der Waals surface area contributed by atoms with Crippen LogP contribution in [0.3, 0.4) is 0 Å². The van der Waals surface area contributed by atoms with Gasteiger partial charge in [0.2, 0.25) is 5.91 Å². The lowest BCUT2D eigenvalue weighted by Crippen LogP contribution is -2.66. The molecule has 0 bridgehead atoms. The number of nitrogens with zero attached hydrogens (tertiary/aromatic N) is 7. The molecule has 6 rings (SSSR count). The van der Waals surface area contributed by atoms with Gasteiger partial charge in [0.1, 0.15) is 29.1 Å². The van der Waals surface area contributed by atoms with Gasteiger partial charge in [0.05, 0.1) is 34.7 Å². The van der Waals surface area contributed by atoms with Gasteiger partial charge in [0.25, 0.3) is 11.5 Å². The number of halogens is 2. The summed E-state index contributed by atoms with van der Waals surface area (Å²) in [4.78, 5) is 50.4. The summed E-state index contributed by atoms with van der Waals surface area (Å²) >= 11 is 6.77. The quantitative estimate of drug-likeness (QED) is 0.351. The van der Waals surface area contributed by atoms with Crippen molar-refractivity contribution in [2.24, 2.45) is 0 Å². The molecule has 0 radical (unpaired) electrons. The summed E-state index contributed by atoms with van der Waals surface area (Å²) in [6, 6.07) is 5.84. The molecule has 222 valence electrons. The largest absolute Gasteiger partial charge is 0.507 e. The standard InChI is InChI=1S/C30H29ClFN7O4/c1-6-23(41)36-14-20-29(42)35(5)27-26(37(20)13-16(36)4)17-12-18(31)25(24-19(32)8-7-9-21(24)40)34-28(17)38(30(27)43)22-10-11-33-39(22)15(2)3/h6-12,15-16,20,40H,1,13-14H2,2-5H3/t16-,20-/m1/s1. The highest BCUT2D eigenvalue weighted by atomic mass is 35.5. The first-order valence-corrected chi connectivity index (χ1v) is 14.1. The van der Waals surface area contributed by atoms with Crippen LogP contribution in [0, 0.1) is 5.82 Å². The van der Waals surface area contributed by atoms with E-state index in [1.807, 2.05) is 25.7 Å². The van der Waals surface area contributed by atoms with Crippen molar-refractivity contribution in [3.05, 3.63) is 70.4 Å². The highest BCUT2D eigenvalue weighted by Crippen LogP contribution is 2.44. The first kappa shape index (κ1) is 28.4. The summed E-state index contributed by atoms with van der Waals surface area (Å²) in [7, 11) is 1.52. The van der Waals surface area contributed by atoms with Gasteiger partial charge in [-0.05, 0) is 45.0 Å². The first-order valence-electron chi connectivity index (χ1n) is 13.7. The van der Waals surface area contributed by atoms with Crippen LogP contribution in [0.2, 0.25) is 5.02 Å². The van der Waals surface area contributed by atoms with Gasteiger partial charge < -0.3 is 19.8 Å². The van der Waals surface area contributed by atoms with E-state index in [2.05, 4.69) is 11.7 Å². The van der Waals surface area contributed by atoms with Crippen molar-refractivity contribution in [2.45, 2.75) is 38.9 Å². The third kappa shape index (κ3) is 4.19. The number of rotatable bonds is 4. The van der Waals surface area contributed by atoms with Gasteiger partial charge in [-0.3, -0.25) is 14.4 Å². The average molecular weight is 606 g/mol. The molecule has 1 N–H and O–H groups in total. The van der Waals surface area contributed by atoms with Gasteiger partial charge in [-0.15, -0.1) is 0 Å². The zero-order valence-electron chi connectivity index (χ0n) is 24.0. The molecule has 2 aliphatic rings. The van der Waals surface area contributed by atoms with Crippen LogP contribution in [-0.2, 0) is 9.59 Å². The Kier molecular flexibility index (Phi) is 6.76. The van der Waals surface area contributed by atoms with Crippen LogP contribution >= 0.6 is 11.6 Å². The number of hydrogen-bond donors (Lipinski definition) is 1. The Bertz CT molecular complexity index is 1880. The number of phenols is 1. The van der Waals surface area contributed by atoms with Crippen LogP contribution in [0.25, 0.3) is 28.1 Å². The van der Waals surface area contributed by atoms with Crippen molar-refractivity contribution in [1.82, 2.24) is 24.2 Å². The van der Waals surface area contributed by atoms with Gasteiger partial charge in [-0.1, -0.05) is 24.2 Å². The lowest BCUT2D eigenvalue weighted by atomic mass is 9.98. The molecule has 5 heterocycles. The van der Waals surface area contributed by atoms with Gasteiger partial charge in [0.15, 0.2) is 5.65 Å². The molecule has 1 fully saturated rings. The second-order valence-electron chi connectivity index (χ2n) is 11.0. The number of piperazine rings is 1. The number of anilines is 2. The third-order valence-corrected chi connectivity index (χ3v) is 8.37. The fourth-order valence-electron chi connectivity index (χ4n) is 6.06. The van der Waals surface area contributed by atoms with E-state index in [0.717, 1.165) is 0 Å². The highest BCUT2D eigenvalue weighted by Gasteiger charge is 2.46. The molecule has 43 heavy (non-hydrogen) atoms. The van der Waals surface area contributed by atoms with Crippen LogP contribution in [-0.4, -0.2) is 73.4 Å². The van der Waals surface area contributed by atoms with Crippen molar-refractivity contribution < 1.29 is 19.1 Å². The molecular formula is C30H29ClFN7O4. The van der Waals surface area contributed by atoms with E-state index >= 15 is 4.39 Å². The Morgan fingerprint density at radius 1 is 1.21 bits per heavy atom. The monoisotopic (exact) mass is 605 g/mol. The molecule has 0 saturated carbocycles. The molecule has 11 nitrogen and oxygen atoms in total. The summed E-state index contributed by atoms with van der Waals surface area (Å²) in [5.74, 6) is -1.38. The maximum absolute atomic E-state index is 15.1. The molecule has 13 heteroatoms. The number of fused-ring (bicyclic) bond motifs is 5. The first-order chi connectivity index (χ1) is 20.5. The molecule has 0 spiro atoms. The summed E-state index contributed by atoms with van der Waals surface area (Å²) in [6.45, 7) is 9.58. The van der Waals surface area contributed by atoms with Crippen LogP contribution < -0.4 is 15.4 Å². The van der Waals surface area contributed by atoms with Gasteiger partial charge in [0, 0.05) is 37.1 Å². The van der Waals surface area contributed by atoms with Crippen molar-refractivity contribution in [3.8, 4) is 22.8 Å². The number of aromatic nitrogens is 4. The van der Waals surface area contributed by atoms with E-state index in [0.29, 0.717) is 16.9 Å². The minimum atomic E-state index is -0.786. The van der Waals surface area contributed by atoms with E-state index in [1.165, 1.54) is 40.8 Å². The molecule has 2 amide bonds. The van der Waals surface area contributed by atoms with Gasteiger partial charge >= 0.3 is 0 Å². The molecule has 3 aromatic heterocycles. The summed E-state index contributed by atoms with van der Waals surface area (Å²) in [6.07, 6.45) is 2.77. The minimum Gasteiger partial charge on any atom is -0.507 e. The number of phenolic OH excluding ortho intramolecular Hbond substituents is 1. The van der Waals surface area contributed by atoms with E-state index in [4.69, 9.17) is 16.6 Å². The van der Waals surface area contributed by atoms with E-state index in [9.17, 15) is 19.5 Å². The molecule has 2 atom stereocenters. The van der Waals surface area contributed by atoms with Crippen LogP contribution in [0.5, 0.6) is 5.75 Å². The summed E-state index contributed by atoms with van der Waals surface area (Å²) < 4.78 is 18.0. The number of amides is 2. The Balaban J connectivity index is 1.72. The van der Waals surface area contributed by atoms with Crippen LogP contribution in [0.4, 0.5) is 15.8 Å². The number of benzene rings is 1. The topological polar surface area (TPSA) is 117 Å². The van der Waals surface area contributed by atoms with Crippen LogP contribution in [0.1, 0.15) is 26.8 Å². The molecule has 1 saturated heterocycles. The lowest BCUT2D eigenvalue weighted by molar-refractivity contribution is -0.130. The van der Waals surface area contributed by atoms with Crippen molar-refractivity contribution in [3.63, 3.8) is 0 Å². The smallest absolute Gasteiger partial charge is 0.284 e. The Morgan fingerprint density at radius 2 is 1.95 bits per heavy atom. The van der Waals surface area contributed by atoms with Crippen LogP contribution in [0.15, 0.2) is 54.0 Å². The lowest BCUT2D eigenvalue weighted by Gasteiger charge is -2.49. The number of carbonyl (C=O) groups excluding carboxylic acids is 2. The maximum Gasteiger partial charge on any atom is 0.284 e. The molecular weight excluding hydrogens is 577 g/mol. The SMILES string of the molecule is C=CC(=O)N1C[C@@H]2C(=O)N(C)c3c(c4cc(Cl)c(-c5c(O)cccc5F)nc4n(-c4ccnn4C(C)C)c3=O)N2C[C@H]1C. The van der Waals surface area contributed by atoms with Crippen molar-refractivity contribution in [2.75, 3.05) is 29.9 Å². The highest BCUT2D eigenvalue weighted by molar-refractivity contribution is 6.34. The number of likely N-dealkylation sites (N-methyl/N-ethyl adjacent to an activating group) is 1. The number of pyridine rings is 2. The Morgan fingerprint density at radius 3 is 2.63 bits per heavy atom. The molecule has 4 aromatic rings. The zero-order valence-corrected chi connectivity index (χ0v) is 24.7. The third-order valence-electron chi connectivity index (χ3n) is 8.08. The summed E-state index contributed by atoms with van der Waals surface area (Å²) in [5.41, 5.74) is -0.142. The van der Waals surface area contributed by atoms with E-state index < -0.39 is 17.4 Å². The number of hydrogen-bond acceptors (Lipinski definition) is 7. The second kappa shape index (κ2) is 10.2. The average Bonchev–Trinajstić information content (AvgIpc) is 3.45. The predicted molar refractivity (Wildman–Crippen MR) is 161 cm³/mol. The Hall–Kier alpha value is -4.71. The molecule has 0 unspecified atom stereocenters. The van der Waals surface area contributed by atoms with Crippen molar-refractivity contribution >= 4 is 45.8 Å². The predicted octanol–water partition coefficient (Wildman–Crippen LogP) is 3.90. The Labute approximate surface area is 251 Å². The zero-order chi connectivity index (χ0) is 30.9. The number of carbonyl (C=O) groups is 2. The molecule has 1 aromatic carbocycles. The number of aromatic hydroxyl groups is 1. The van der Waals surface area contributed by atoms with E-state index in [-0.39, 0.29) is 70.4 Å². The summed E-state index contributed by atoms with van der Waals surface area (Å²) in [5, 5.41) is 15.4. The van der Waals surface area contributed by atoms with Gasteiger partial charge in [-0.2, -0.15) is 5.10 Å². The fourth-order valence-corrected chi connectivity index (χ4v) is 6.30. The van der Waals surface area contributed by atoms with Gasteiger partial charge in [-0.25, -0.2) is 18.6 Å². The second-order valence-corrected chi connectivity index (χ2v) is 11.4. The molecule has 2 aliphatic heterocycles. The maximum atomic E-state index is 15.1.